The van der Waals surface area contributed by atoms with Crippen LogP contribution in [0.2, 0.25) is 5.02 Å². The molecule has 2 heterocycles. The Morgan fingerprint density at radius 1 is 1.33 bits per heavy atom. The fourth-order valence-electron chi connectivity index (χ4n) is 3.01. The molecule has 3 rings (SSSR count). The van der Waals surface area contributed by atoms with E-state index >= 15 is 0 Å². The summed E-state index contributed by atoms with van der Waals surface area (Å²) in [5.74, 6) is 0.720. The number of halogens is 1. The molecule has 2 N–H and O–H groups in total. The maximum absolute atomic E-state index is 12.4. The second kappa shape index (κ2) is 9.53. The van der Waals surface area contributed by atoms with Crippen LogP contribution >= 0.6 is 11.6 Å². The second-order valence-electron chi connectivity index (χ2n) is 6.41. The van der Waals surface area contributed by atoms with Gasteiger partial charge in [-0.2, -0.15) is 0 Å². The van der Waals surface area contributed by atoms with Gasteiger partial charge in [0, 0.05) is 18.3 Å². The number of nitrogens with zero attached hydrogens (tertiary/aromatic N) is 3. The average molecular weight is 390 g/mol. The molecule has 1 aliphatic rings. The van der Waals surface area contributed by atoms with Crippen LogP contribution in [0.3, 0.4) is 0 Å². The number of carbonyl (C=O) groups excluding carboxylic acids is 1. The van der Waals surface area contributed by atoms with Crippen molar-refractivity contribution in [2.75, 3.05) is 38.6 Å². The van der Waals surface area contributed by atoms with Gasteiger partial charge >= 0.3 is 0 Å². The van der Waals surface area contributed by atoms with Crippen LogP contribution in [-0.2, 0) is 0 Å². The van der Waals surface area contributed by atoms with Crippen molar-refractivity contribution in [3.63, 3.8) is 0 Å². The molecular formula is C19H24ClN5O2. The fourth-order valence-corrected chi connectivity index (χ4v) is 3.19. The summed E-state index contributed by atoms with van der Waals surface area (Å²) in [5, 5.41) is 6.17. The molecule has 0 bridgehead atoms. The molecule has 0 aliphatic carbocycles. The maximum Gasteiger partial charge on any atom is 0.271 e. The van der Waals surface area contributed by atoms with Crippen LogP contribution in [0.15, 0.2) is 30.5 Å². The van der Waals surface area contributed by atoms with Crippen molar-refractivity contribution in [2.24, 2.45) is 0 Å². The SMILES string of the molecule is COc1cccc(Nc2ncc(Cl)c(C(=O)NCCCN3CCCC3)n2)c1. The molecule has 1 aromatic carbocycles. The summed E-state index contributed by atoms with van der Waals surface area (Å²) in [6.45, 7) is 3.91. The number of methoxy groups -OCH3 is 1. The van der Waals surface area contributed by atoms with E-state index in [-0.39, 0.29) is 16.6 Å². The highest BCUT2D eigenvalue weighted by molar-refractivity contribution is 6.33. The Bertz CT molecular complexity index is 780. The molecule has 1 aromatic heterocycles. The van der Waals surface area contributed by atoms with Crippen molar-refractivity contribution in [1.82, 2.24) is 20.2 Å². The summed E-state index contributed by atoms with van der Waals surface area (Å²) in [4.78, 5) is 23.2. The van der Waals surface area contributed by atoms with E-state index in [1.807, 2.05) is 24.3 Å². The molecule has 0 spiro atoms. The van der Waals surface area contributed by atoms with E-state index in [0.717, 1.165) is 31.7 Å². The molecule has 1 saturated heterocycles. The Balaban J connectivity index is 1.57. The van der Waals surface area contributed by atoms with Crippen molar-refractivity contribution in [3.05, 3.63) is 41.2 Å². The monoisotopic (exact) mass is 389 g/mol. The van der Waals surface area contributed by atoms with Crippen LogP contribution in [0.4, 0.5) is 11.6 Å². The van der Waals surface area contributed by atoms with E-state index in [0.29, 0.717) is 18.2 Å². The van der Waals surface area contributed by atoms with Gasteiger partial charge in [0.15, 0.2) is 5.69 Å². The minimum Gasteiger partial charge on any atom is -0.497 e. The number of benzene rings is 1. The second-order valence-corrected chi connectivity index (χ2v) is 6.81. The number of hydrogen-bond acceptors (Lipinski definition) is 6. The molecule has 8 heteroatoms. The predicted octanol–water partition coefficient (Wildman–Crippen LogP) is 3.10. The van der Waals surface area contributed by atoms with Crippen LogP contribution in [0.25, 0.3) is 0 Å². The van der Waals surface area contributed by atoms with Crippen molar-refractivity contribution >= 4 is 29.1 Å². The highest BCUT2D eigenvalue weighted by Crippen LogP contribution is 2.21. The summed E-state index contributed by atoms with van der Waals surface area (Å²) in [5.41, 5.74) is 0.923. The van der Waals surface area contributed by atoms with Crippen molar-refractivity contribution in [3.8, 4) is 5.75 Å². The van der Waals surface area contributed by atoms with Crippen LogP contribution < -0.4 is 15.4 Å². The van der Waals surface area contributed by atoms with Crippen molar-refractivity contribution in [1.29, 1.82) is 0 Å². The number of hydrogen-bond donors (Lipinski definition) is 2. The summed E-state index contributed by atoms with van der Waals surface area (Å²) in [6.07, 6.45) is 4.87. The lowest BCUT2D eigenvalue weighted by molar-refractivity contribution is 0.0947. The molecule has 1 fully saturated rings. The zero-order chi connectivity index (χ0) is 19.1. The number of nitrogens with one attached hydrogen (secondary N) is 2. The molecule has 2 aromatic rings. The van der Waals surface area contributed by atoms with Gasteiger partial charge < -0.3 is 20.3 Å². The molecule has 0 radical (unpaired) electrons. The third kappa shape index (κ3) is 5.55. The minimum absolute atomic E-state index is 0.165. The van der Waals surface area contributed by atoms with Gasteiger partial charge in [0.05, 0.1) is 18.3 Å². The summed E-state index contributed by atoms with van der Waals surface area (Å²) < 4.78 is 5.20. The molecule has 0 saturated carbocycles. The first-order chi connectivity index (χ1) is 13.2. The Kier molecular flexibility index (Phi) is 6.84. The number of rotatable bonds is 8. The number of aromatic nitrogens is 2. The van der Waals surface area contributed by atoms with E-state index in [4.69, 9.17) is 16.3 Å². The topological polar surface area (TPSA) is 79.4 Å². The van der Waals surface area contributed by atoms with Gasteiger partial charge in [-0.3, -0.25) is 4.79 Å². The third-order valence-corrected chi connectivity index (χ3v) is 4.70. The number of carbonyl (C=O) groups is 1. The van der Waals surface area contributed by atoms with E-state index < -0.39 is 0 Å². The normalized spacial score (nSPS) is 14.1. The van der Waals surface area contributed by atoms with Gasteiger partial charge in [-0.1, -0.05) is 17.7 Å². The molecule has 27 heavy (non-hydrogen) atoms. The van der Waals surface area contributed by atoms with Crippen LogP contribution in [-0.4, -0.2) is 54.1 Å². The first-order valence-corrected chi connectivity index (χ1v) is 9.47. The zero-order valence-corrected chi connectivity index (χ0v) is 16.1. The van der Waals surface area contributed by atoms with Gasteiger partial charge in [-0.25, -0.2) is 9.97 Å². The largest absolute Gasteiger partial charge is 0.497 e. The van der Waals surface area contributed by atoms with Gasteiger partial charge in [0.2, 0.25) is 5.95 Å². The number of ether oxygens (including phenoxy) is 1. The highest BCUT2D eigenvalue weighted by atomic mass is 35.5. The molecule has 1 aliphatic heterocycles. The Morgan fingerprint density at radius 3 is 2.93 bits per heavy atom. The highest BCUT2D eigenvalue weighted by Gasteiger charge is 2.15. The number of likely N-dealkylation sites (tertiary alicyclic amines) is 1. The Labute approximate surface area is 164 Å². The molecule has 7 nitrogen and oxygen atoms in total. The number of anilines is 2. The Morgan fingerprint density at radius 2 is 2.15 bits per heavy atom. The first kappa shape index (κ1) is 19.4. The predicted molar refractivity (Wildman–Crippen MR) is 106 cm³/mol. The summed E-state index contributed by atoms with van der Waals surface area (Å²) >= 11 is 6.12. The van der Waals surface area contributed by atoms with E-state index in [9.17, 15) is 4.79 Å². The average Bonchev–Trinajstić information content (AvgIpc) is 3.20. The maximum atomic E-state index is 12.4. The standard InChI is InChI=1S/C19H24ClN5O2/c1-27-15-7-4-6-14(12-15)23-19-22-13-16(20)17(24-19)18(26)21-8-5-11-25-9-2-3-10-25/h4,6-7,12-13H,2-3,5,8-11H2,1H3,(H,21,26)(H,22,23,24). The van der Waals surface area contributed by atoms with E-state index in [1.54, 1.807) is 7.11 Å². The molecule has 0 unspecified atom stereocenters. The lowest BCUT2D eigenvalue weighted by atomic mass is 10.3. The minimum atomic E-state index is -0.294. The van der Waals surface area contributed by atoms with Crippen LogP contribution in [0, 0.1) is 0 Å². The molecule has 0 atom stereocenters. The van der Waals surface area contributed by atoms with Gasteiger partial charge in [-0.15, -0.1) is 0 Å². The van der Waals surface area contributed by atoms with Crippen molar-refractivity contribution < 1.29 is 9.53 Å². The summed E-state index contributed by atoms with van der Waals surface area (Å²) in [6, 6.07) is 7.37. The molecule has 1 amide bonds. The van der Waals surface area contributed by atoms with Gasteiger partial charge in [0.1, 0.15) is 5.75 Å². The van der Waals surface area contributed by atoms with Gasteiger partial charge in [0.25, 0.3) is 5.91 Å². The molecule has 144 valence electrons. The smallest absolute Gasteiger partial charge is 0.271 e. The fraction of sp³-hybridized carbons (Fsp3) is 0.421. The third-order valence-electron chi connectivity index (χ3n) is 4.42. The lowest BCUT2D eigenvalue weighted by Gasteiger charge is -2.14. The van der Waals surface area contributed by atoms with Gasteiger partial charge in [-0.05, 0) is 51.0 Å². The Hall–Kier alpha value is -2.38. The van der Waals surface area contributed by atoms with E-state index in [1.165, 1.54) is 19.0 Å². The lowest BCUT2D eigenvalue weighted by Crippen LogP contribution is -2.29. The number of amides is 1. The summed E-state index contributed by atoms with van der Waals surface area (Å²) in [7, 11) is 1.60. The zero-order valence-electron chi connectivity index (χ0n) is 15.4. The van der Waals surface area contributed by atoms with E-state index in [2.05, 4.69) is 25.5 Å². The van der Waals surface area contributed by atoms with Crippen LogP contribution in [0.1, 0.15) is 29.8 Å². The van der Waals surface area contributed by atoms with Crippen LogP contribution in [0.5, 0.6) is 5.75 Å². The first-order valence-electron chi connectivity index (χ1n) is 9.10. The molecular weight excluding hydrogens is 366 g/mol. The quantitative estimate of drug-likeness (QED) is 0.675. The van der Waals surface area contributed by atoms with Crippen molar-refractivity contribution in [2.45, 2.75) is 19.3 Å².